The molecule has 0 aliphatic heterocycles. The van der Waals surface area contributed by atoms with Crippen LogP contribution in [-0.2, 0) is 16.0 Å². The molecule has 0 saturated carbocycles. The Labute approximate surface area is 126 Å². The summed E-state index contributed by atoms with van der Waals surface area (Å²) < 4.78 is 10.3. The number of halogens is 1. The smallest absolute Gasteiger partial charge is 0.323 e. The summed E-state index contributed by atoms with van der Waals surface area (Å²) in [5, 5.41) is 0. The Morgan fingerprint density at radius 3 is 2.55 bits per heavy atom. The van der Waals surface area contributed by atoms with Crippen molar-refractivity contribution in [3.8, 4) is 17.6 Å². The number of hydrogen-bond donors (Lipinski definition) is 1. The zero-order chi connectivity index (χ0) is 14.1. The van der Waals surface area contributed by atoms with Gasteiger partial charge in [-0.05, 0) is 38.0 Å². The lowest BCUT2D eigenvalue weighted by molar-refractivity contribution is -0.144. The highest BCUT2D eigenvalue weighted by molar-refractivity contribution is 5.85. The van der Waals surface area contributed by atoms with Crippen molar-refractivity contribution in [2.75, 3.05) is 13.2 Å². The van der Waals surface area contributed by atoms with Gasteiger partial charge in [-0.2, -0.15) is 0 Å². The average Bonchev–Trinajstić information content (AvgIpc) is 2.41. The fourth-order valence-electron chi connectivity index (χ4n) is 1.50. The van der Waals surface area contributed by atoms with Gasteiger partial charge in [0.15, 0.2) is 0 Å². The molecule has 0 saturated heterocycles. The number of hydrogen-bond acceptors (Lipinski definition) is 4. The monoisotopic (exact) mass is 297 g/mol. The van der Waals surface area contributed by atoms with Crippen LogP contribution in [0.3, 0.4) is 0 Å². The predicted octanol–water partition coefficient (Wildman–Crippen LogP) is 1.94. The van der Waals surface area contributed by atoms with Crippen molar-refractivity contribution in [3.05, 3.63) is 29.8 Å². The van der Waals surface area contributed by atoms with Gasteiger partial charge in [0, 0.05) is 0 Å². The second kappa shape index (κ2) is 10.1. The number of nitrogens with two attached hydrogens (primary N) is 1. The lowest BCUT2D eigenvalue weighted by atomic mass is 10.1. The summed E-state index contributed by atoms with van der Waals surface area (Å²) in [6, 6.07) is 6.81. The largest absolute Gasteiger partial charge is 0.481 e. The Morgan fingerprint density at radius 1 is 1.35 bits per heavy atom. The van der Waals surface area contributed by atoms with E-state index in [4.69, 9.17) is 15.2 Å². The molecule has 1 aromatic rings. The Balaban J connectivity index is 0.00000361. The Kier molecular flexibility index (Phi) is 9.27. The maximum atomic E-state index is 11.4. The molecule has 0 aliphatic carbocycles. The Hall–Kier alpha value is -1.70. The number of esters is 1. The summed E-state index contributed by atoms with van der Waals surface area (Å²) >= 11 is 0. The van der Waals surface area contributed by atoms with Gasteiger partial charge in [0.25, 0.3) is 0 Å². The highest BCUT2D eigenvalue weighted by Crippen LogP contribution is 2.13. The van der Waals surface area contributed by atoms with E-state index in [2.05, 4.69) is 11.8 Å². The third-order valence-electron chi connectivity index (χ3n) is 2.46. The molecule has 2 N–H and O–H groups in total. The Morgan fingerprint density at radius 2 is 2.00 bits per heavy atom. The second-order valence-electron chi connectivity index (χ2n) is 3.92. The van der Waals surface area contributed by atoms with Crippen LogP contribution in [0.4, 0.5) is 0 Å². The van der Waals surface area contributed by atoms with Gasteiger partial charge in [-0.25, -0.2) is 0 Å². The van der Waals surface area contributed by atoms with Crippen molar-refractivity contribution in [2.24, 2.45) is 5.73 Å². The van der Waals surface area contributed by atoms with E-state index in [0.717, 1.165) is 11.3 Å². The van der Waals surface area contributed by atoms with Crippen molar-refractivity contribution >= 4 is 18.4 Å². The lowest BCUT2D eigenvalue weighted by Gasteiger charge is -2.10. The van der Waals surface area contributed by atoms with Gasteiger partial charge < -0.3 is 15.2 Å². The quantitative estimate of drug-likeness (QED) is 0.644. The molecule has 1 aromatic carbocycles. The number of ether oxygens (including phenoxy) is 2. The van der Waals surface area contributed by atoms with Gasteiger partial charge in [0.2, 0.25) is 0 Å². The summed E-state index contributed by atoms with van der Waals surface area (Å²) in [7, 11) is 0. The van der Waals surface area contributed by atoms with Crippen molar-refractivity contribution in [1.29, 1.82) is 0 Å². The highest BCUT2D eigenvalue weighted by Gasteiger charge is 2.14. The first-order valence-corrected chi connectivity index (χ1v) is 6.21. The fourth-order valence-corrected chi connectivity index (χ4v) is 1.50. The predicted molar refractivity (Wildman–Crippen MR) is 80.9 cm³/mol. The normalized spacial score (nSPS) is 10.6. The van der Waals surface area contributed by atoms with Gasteiger partial charge in [0.05, 0.1) is 6.61 Å². The van der Waals surface area contributed by atoms with E-state index in [0.29, 0.717) is 19.6 Å². The first-order chi connectivity index (χ1) is 9.17. The fraction of sp³-hybridized carbons (Fsp3) is 0.400. The Bertz CT molecular complexity index is 462. The van der Waals surface area contributed by atoms with Crippen LogP contribution in [-0.4, -0.2) is 25.2 Å². The molecule has 0 fully saturated rings. The topological polar surface area (TPSA) is 61.5 Å². The molecule has 5 heteroatoms. The van der Waals surface area contributed by atoms with Crippen LogP contribution < -0.4 is 10.5 Å². The van der Waals surface area contributed by atoms with Crippen LogP contribution in [0, 0.1) is 11.8 Å². The summed E-state index contributed by atoms with van der Waals surface area (Å²) in [6.07, 6.45) is 0.452. The van der Waals surface area contributed by atoms with E-state index in [9.17, 15) is 4.79 Å². The number of rotatable bonds is 6. The van der Waals surface area contributed by atoms with Crippen LogP contribution in [0.1, 0.15) is 19.4 Å². The van der Waals surface area contributed by atoms with E-state index >= 15 is 0 Å². The molecule has 0 radical (unpaired) electrons. The molecule has 110 valence electrons. The minimum atomic E-state index is -0.627. The van der Waals surface area contributed by atoms with Gasteiger partial charge in [-0.1, -0.05) is 18.1 Å². The second-order valence-corrected chi connectivity index (χ2v) is 3.92. The van der Waals surface area contributed by atoms with Crippen LogP contribution in [0.2, 0.25) is 0 Å². The molecule has 0 spiro atoms. The summed E-state index contributed by atoms with van der Waals surface area (Å²) in [5.41, 5.74) is 6.71. The molecule has 0 amide bonds. The molecule has 0 aromatic heterocycles. The molecule has 1 rings (SSSR count). The van der Waals surface area contributed by atoms with Crippen LogP contribution >= 0.6 is 12.4 Å². The first kappa shape index (κ1) is 18.3. The summed E-state index contributed by atoms with van der Waals surface area (Å²) in [4.78, 5) is 11.4. The van der Waals surface area contributed by atoms with E-state index in [1.54, 1.807) is 13.8 Å². The van der Waals surface area contributed by atoms with E-state index in [1.165, 1.54) is 0 Å². The summed E-state index contributed by atoms with van der Waals surface area (Å²) in [5.74, 6) is 5.95. The lowest BCUT2D eigenvalue weighted by Crippen LogP contribution is -2.34. The molecular formula is C15H20ClNO3. The van der Waals surface area contributed by atoms with E-state index < -0.39 is 6.04 Å². The number of benzene rings is 1. The van der Waals surface area contributed by atoms with E-state index in [-0.39, 0.29) is 18.4 Å². The molecule has 0 bridgehead atoms. The standard InChI is InChI=1S/C15H19NO3.ClH/c1-3-5-10-19-13-8-6-12(7-9-13)11-14(16)15(17)18-4-2;/h6-9,14H,4,10-11,16H2,1-2H3;1H/t14-;/m0./s1. The van der Waals surface area contributed by atoms with Gasteiger partial charge in [0.1, 0.15) is 18.4 Å². The average molecular weight is 298 g/mol. The summed E-state index contributed by atoms with van der Waals surface area (Å²) in [6.45, 7) is 4.25. The van der Waals surface area contributed by atoms with Gasteiger partial charge in [-0.15, -0.1) is 18.3 Å². The zero-order valence-electron chi connectivity index (χ0n) is 11.7. The van der Waals surface area contributed by atoms with Crippen LogP contribution in [0.15, 0.2) is 24.3 Å². The maximum absolute atomic E-state index is 11.4. The molecular weight excluding hydrogens is 278 g/mol. The van der Waals surface area contributed by atoms with Crippen LogP contribution in [0.25, 0.3) is 0 Å². The minimum Gasteiger partial charge on any atom is -0.481 e. The van der Waals surface area contributed by atoms with Gasteiger partial charge >= 0.3 is 5.97 Å². The van der Waals surface area contributed by atoms with Crippen molar-refractivity contribution in [1.82, 2.24) is 0 Å². The molecule has 0 aliphatic rings. The number of carbonyl (C=O) groups is 1. The van der Waals surface area contributed by atoms with Gasteiger partial charge in [-0.3, -0.25) is 4.79 Å². The van der Waals surface area contributed by atoms with Crippen molar-refractivity contribution in [2.45, 2.75) is 26.3 Å². The van der Waals surface area contributed by atoms with Crippen molar-refractivity contribution < 1.29 is 14.3 Å². The third kappa shape index (κ3) is 6.46. The first-order valence-electron chi connectivity index (χ1n) is 6.21. The number of carbonyl (C=O) groups excluding carboxylic acids is 1. The molecule has 4 nitrogen and oxygen atoms in total. The van der Waals surface area contributed by atoms with E-state index in [1.807, 2.05) is 24.3 Å². The molecule has 0 heterocycles. The highest BCUT2D eigenvalue weighted by atomic mass is 35.5. The SMILES string of the molecule is CC#CCOc1ccc(C[C@H](N)C(=O)OCC)cc1.Cl. The minimum absolute atomic E-state index is 0. The molecule has 0 unspecified atom stereocenters. The maximum Gasteiger partial charge on any atom is 0.323 e. The molecule has 20 heavy (non-hydrogen) atoms. The van der Waals surface area contributed by atoms with Crippen LogP contribution in [0.5, 0.6) is 5.75 Å². The molecule has 1 atom stereocenters. The van der Waals surface area contributed by atoms with Crippen molar-refractivity contribution in [3.63, 3.8) is 0 Å². The zero-order valence-corrected chi connectivity index (χ0v) is 12.5. The third-order valence-corrected chi connectivity index (χ3v) is 2.46.